The van der Waals surface area contributed by atoms with Crippen LogP contribution in [0.5, 0.6) is 5.75 Å². The number of carbonyl (C=O) groups is 3. The summed E-state index contributed by atoms with van der Waals surface area (Å²) in [5.41, 5.74) is 0.890. The first kappa shape index (κ1) is 15.8. The molecule has 2 N–H and O–H groups in total. The van der Waals surface area contributed by atoms with E-state index in [0.29, 0.717) is 28.0 Å². The van der Waals surface area contributed by atoms with Crippen LogP contribution in [0.3, 0.4) is 0 Å². The zero-order valence-electron chi connectivity index (χ0n) is 12.3. The fourth-order valence-corrected chi connectivity index (χ4v) is 3.40. The van der Waals surface area contributed by atoms with Gasteiger partial charge in [-0.2, -0.15) is 0 Å². The van der Waals surface area contributed by atoms with E-state index >= 15 is 0 Å². The highest BCUT2D eigenvalue weighted by Crippen LogP contribution is 2.35. The molecule has 2 amide bonds. The number of ether oxygens (including phenoxy) is 1. The van der Waals surface area contributed by atoms with Gasteiger partial charge in [-0.3, -0.25) is 14.4 Å². The van der Waals surface area contributed by atoms with Crippen molar-refractivity contribution in [3.63, 3.8) is 0 Å². The summed E-state index contributed by atoms with van der Waals surface area (Å²) < 4.78 is 5.85. The number of anilines is 1. The van der Waals surface area contributed by atoms with Crippen LogP contribution in [-0.4, -0.2) is 47.5 Å². The van der Waals surface area contributed by atoms with Gasteiger partial charge in [0.15, 0.2) is 6.61 Å². The Kier molecular flexibility index (Phi) is 4.01. The van der Waals surface area contributed by atoms with Gasteiger partial charge in [0.2, 0.25) is 0 Å². The first-order chi connectivity index (χ1) is 10.9. The molecule has 0 unspecified atom stereocenters. The quantitative estimate of drug-likeness (QED) is 0.809. The number of fused-ring (bicyclic) bond motifs is 1. The van der Waals surface area contributed by atoms with Gasteiger partial charge < -0.3 is 20.1 Å². The van der Waals surface area contributed by atoms with Crippen molar-refractivity contribution >= 4 is 39.4 Å². The second-order valence-corrected chi connectivity index (χ2v) is 6.65. The molecule has 2 aliphatic heterocycles. The number of halogens is 1. The van der Waals surface area contributed by atoms with Crippen LogP contribution in [0.25, 0.3) is 0 Å². The Morgan fingerprint density at radius 1 is 1.39 bits per heavy atom. The molecule has 2 heterocycles. The smallest absolute Gasteiger partial charge is 0.308 e. The van der Waals surface area contributed by atoms with Crippen LogP contribution in [0.2, 0.25) is 0 Å². The number of hydrogen-bond acceptors (Lipinski definition) is 4. The van der Waals surface area contributed by atoms with Crippen molar-refractivity contribution in [1.82, 2.24) is 4.90 Å². The highest BCUT2D eigenvalue weighted by Gasteiger charge is 2.38. The first-order valence-electron chi connectivity index (χ1n) is 7.15. The molecular formula is C15H15BrN2O5. The highest BCUT2D eigenvalue weighted by molar-refractivity contribution is 9.10. The fourth-order valence-electron chi connectivity index (χ4n) is 2.89. The molecule has 3 rings (SSSR count). The lowest BCUT2D eigenvalue weighted by Crippen LogP contribution is -2.31. The number of amides is 2. The summed E-state index contributed by atoms with van der Waals surface area (Å²) in [6.07, 6.45) is 0. The Morgan fingerprint density at radius 2 is 2.13 bits per heavy atom. The number of benzene rings is 1. The van der Waals surface area contributed by atoms with Gasteiger partial charge in [0.1, 0.15) is 5.75 Å². The molecule has 0 radical (unpaired) electrons. The van der Waals surface area contributed by atoms with E-state index in [1.165, 1.54) is 4.90 Å². The topological polar surface area (TPSA) is 95.9 Å². The second kappa shape index (κ2) is 5.84. The monoisotopic (exact) mass is 382 g/mol. The number of carboxylic acid groups (broad SMARTS) is 1. The molecule has 122 valence electrons. The Morgan fingerprint density at radius 3 is 2.78 bits per heavy atom. The highest BCUT2D eigenvalue weighted by atomic mass is 79.9. The summed E-state index contributed by atoms with van der Waals surface area (Å²) >= 11 is 3.33. The molecular weight excluding hydrogens is 368 g/mol. The fraction of sp³-hybridized carbons (Fsp3) is 0.400. The number of aliphatic carboxylic acids is 1. The van der Waals surface area contributed by atoms with Crippen LogP contribution < -0.4 is 10.1 Å². The molecule has 0 spiro atoms. The Hall–Kier alpha value is -2.09. The molecule has 1 aromatic rings. The maximum absolute atomic E-state index is 12.7. The zero-order valence-corrected chi connectivity index (χ0v) is 13.9. The van der Waals surface area contributed by atoms with Crippen LogP contribution in [0.1, 0.15) is 17.3 Å². The van der Waals surface area contributed by atoms with Gasteiger partial charge in [0.05, 0.1) is 17.2 Å². The van der Waals surface area contributed by atoms with Crippen molar-refractivity contribution in [1.29, 1.82) is 0 Å². The summed E-state index contributed by atoms with van der Waals surface area (Å²) in [5.74, 6) is -1.60. The molecule has 23 heavy (non-hydrogen) atoms. The summed E-state index contributed by atoms with van der Waals surface area (Å²) in [4.78, 5) is 36.7. The second-order valence-electron chi connectivity index (χ2n) is 5.80. The predicted molar refractivity (Wildman–Crippen MR) is 84.5 cm³/mol. The van der Waals surface area contributed by atoms with E-state index in [9.17, 15) is 19.5 Å². The third kappa shape index (κ3) is 2.90. The Balaban J connectivity index is 1.86. The lowest BCUT2D eigenvalue weighted by atomic mass is 9.99. The molecule has 1 aromatic carbocycles. The van der Waals surface area contributed by atoms with Crippen LogP contribution >= 0.6 is 15.9 Å². The normalized spacial score (nSPS) is 23.0. The molecule has 8 heteroatoms. The maximum atomic E-state index is 12.7. The van der Waals surface area contributed by atoms with Crippen molar-refractivity contribution in [3.05, 3.63) is 22.2 Å². The van der Waals surface area contributed by atoms with Crippen LogP contribution in [0.15, 0.2) is 16.6 Å². The standard InChI is InChI=1S/C15H15BrN2O5/c1-7-4-18(5-9(7)15(21)22)14(20)8-2-12-11(3-10(8)16)17-13(19)6-23-12/h2-3,7,9H,4-6H2,1H3,(H,17,19)(H,21,22)/t7-,9-/m1/s1. The summed E-state index contributed by atoms with van der Waals surface area (Å²) in [6.45, 7) is 2.32. The van der Waals surface area contributed by atoms with Gasteiger partial charge >= 0.3 is 5.97 Å². The molecule has 2 aliphatic rings. The molecule has 7 nitrogen and oxygen atoms in total. The van der Waals surface area contributed by atoms with Gasteiger partial charge in [-0.05, 0) is 34.0 Å². The summed E-state index contributed by atoms with van der Waals surface area (Å²) in [7, 11) is 0. The number of rotatable bonds is 2. The van der Waals surface area contributed by atoms with Crippen molar-refractivity contribution in [2.75, 3.05) is 25.0 Å². The Labute approximate surface area is 140 Å². The number of hydrogen-bond donors (Lipinski definition) is 2. The van der Waals surface area contributed by atoms with Gasteiger partial charge in [-0.1, -0.05) is 6.92 Å². The van der Waals surface area contributed by atoms with E-state index in [4.69, 9.17) is 4.74 Å². The maximum Gasteiger partial charge on any atom is 0.308 e. The van der Waals surface area contributed by atoms with E-state index in [1.807, 2.05) is 6.92 Å². The number of nitrogens with one attached hydrogen (secondary N) is 1. The third-order valence-electron chi connectivity index (χ3n) is 4.15. The minimum absolute atomic E-state index is 0.0932. The minimum atomic E-state index is -0.886. The Bertz CT molecular complexity index is 705. The molecule has 0 aromatic heterocycles. The molecule has 0 aliphatic carbocycles. The largest absolute Gasteiger partial charge is 0.482 e. The SMILES string of the molecule is C[C@@H]1CN(C(=O)c2cc3c(cc2Br)NC(=O)CO3)C[C@H]1C(=O)O. The van der Waals surface area contributed by atoms with E-state index < -0.39 is 11.9 Å². The molecule has 0 bridgehead atoms. The van der Waals surface area contributed by atoms with Crippen molar-refractivity contribution in [3.8, 4) is 5.75 Å². The van der Waals surface area contributed by atoms with E-state index in [1.54, 1.807) is 12.1 Å². The minimum Gasteiger partial charge on any atom is -0.482 e. The van der Waals surface area contributed by atoms with Crippen LogP contribution in [0.4, 0.5) is 5.69 Å². The van der Waals surface area contributed by atoms with Crippen LogP contribution in [0, 0.1) is 11.8 Å². The first-order valence-corrected chi connectivity index (χ1v) is 7.94. The number of carbonyl (C=O) groups excluding carboxylic acids is 2. The van der Waals surface area contributed by atoms with Crippen LogP contribution in [-0.2, 0) is 9.59 Å². The predicted octanol–water partition coefficient (Wildman–Crippen LogP) is 1.57. The average molecular weight is 383 g/mol. The summed E-state index contributed by atoms with van der Waals surface area (Å²) in [6, 6.07) is 3.19. The zero-order chi connectivity index (χ0) is 16.7. The molecule has 2 atom stereocenters. The van der Waals surface area contributed by atoms with Gasteiger partial charge in [-0.25, -0.2) is 0 Å². The van der Waals surface area contributed by atoms with Gasteiger partial charge in [0.25, 0.3) is 11.8 Å². The number of carboxylic acids is 1. The van der Waals surface area contributed by atoms with Crippen molar-refractivity contribution < 1.29 is 24.2 Å². The van der Waals surface area contributed by atoms with E-state index in [-0.39, 0.29) is 30.9 Å². The third-order valence-corrected chi connectivity index (χ3v) is 4.81. The van der Waals surface area contributed by atoms with Gasteiger partial charge in [-0.15, -0.1) is 0 Å². The van der Waals surface area contributed by atoms with Crippen molar-refractivity contribution in [2.24, 2.45) is 11.8 Å². The molecule has 1 saturated heterocycles. The van der Waals surface area contributed by atoms with E-state index in [0.717, 1.165) is 0 Å². The van der Waals surface area contributed by atoms with Crippen molar-refractivity contribution in [2.45, 2.75) is 6.92 Å². The average Bonchev–Trinajstić information content (AvgIpc) is 2.88. The molecule has 0 saturated carbocycles. The molecule has 1 fully saturated rings. The summed E-state index contributed by atoms with van der Waals surface area (Å²) in [5, 5.41) is 11.9. The van der Waals surface area contributed by atoms with Gasteiger partial charge in [0, 0.05) is 17.6 Å². The number of nitrogens with zero attached hydrogens (tertiary/aromatic N) is 1. The lowest BCUT2D eigenvalue weighted by Gasteiger charge is -2.21. The van der Waals surface area contributed by atoms with E-state index in [2.05, 4.69) is 21.2 Å². The lowest BCUT2D eigenvalue weighted by molar-refractivity contribution is -0.142. The number of likely N-dealkylation sites (tertiary alicyclic amines) is 1.